The summed E-state index contributed by atoms with van der Waals surface area (Å²) < 4.78 is 0. The number of hydrogen-bond donors (Lipinski definition) is 4. The first-order chi connectivity index (χ1) is 13.0. The Morgan fingerprint density at radius 1 is 1.04 bits per heavy atom. The molecule has 2 unspecified atom stereocenters. The fourth-order valence-corrected chi connectivity index (χ4v) is 2.50. The Morgan fingerprint density at radius 3 is 2.18 bits per heavy atom. The monoisotopic (exact) mass is 391 g/mol. The summed E-state index contributed by atoms with van der Waals surface area (Å²) in [6.45, 7) is 13.6. The van der Waals surface area contributed by atoms with Gasteiger partial charge in [-0.25, -0.2) is 0 Å². The molecule has 5 N–H and O–H groups in total. The summed E-state index contributed by atoms with van der Waals surface area (Å²) in [7, 11) is 0. The zero-order chi connectivity index (χ0) is 21.6. The van der Waals surface area contributed by atoms with Gasteiger partial charge in [0, 0.05) is 12.1 Å². The van der Waals surface area contributed by atoms with Gasteiger partial charge in [-0.05, 0) is 26.7 Å². The lowest BCUT2D eigenvalue weighted by Gasteiger charge is -2.27. The summed E-state index contributed by atoms with van der Waals surface area (Å²) >= 11 is 0. The fourth-order valence-electron chi connectivity index (χ4n) is 2.50. The van der Waals surface area contributed by atoms with E-state index < -0.39 is 41.6 Å². The Hall–Kier alpha value is -3.43. The quantitative estimate of drug-likeness (QED) is 0.383. The summed E-state index contributed by atoms with van der Waals surface area (Å²) in [5, 5.41) is 6.93. The Balaban J connectivity index is 2.72. The van der Waals surface area contributed by atoms with Gasteiger partial charge in [0.05, 0.1) is 11.4 Å². The first kappa shape index (κ1) is 22.6. The van der Waals surface area contributed by atoms with Gasteiger partial charge in [0.15, 0.2) is 0 Å². The van der Waals surface area contributed by atoms with Crippen molar-refractivity contribution in [1.82, 2.24) is 20.9 Å². The number of likely N-dealkylation sites (tertiary alicyclic amines) is 1. The van der Waals surface area contributed by atoms with Crippen molar-refractivity contribution in [2.75, 3.05) is 6.54 Å². The molecule has 1 rings (SSSR count). The maximum absolute atomic E-state index is 12.6. The first-order valence-electron chi connectivity index (χ1n) is 8.52. The highest BCUT2D eigenvalue weighted by Crippen LogP contribution is 2.19. The molecule has 28 heavy (non-hydrogen) atoms. The van der Waals surface area contributed by atoms with Crippen LogP contribution < -0.4 is 21.7 Å². The average Bonchev–Trinajstić information content (AvgIpc) is 3.10. The Labute approximate surface area is 162 Å². The van der Waals surface area contributed by atoms with Crippen molar-refractivity contribution in [2.45, 2.75) is 38.8 Å². The lowest BCUT2D eigenvalue weighted by Crippen LogP contribution is -2.53. The van der Waals surface area contributed by atoms with Crippen LogP contribution in [0.4, 0.5) is 0 Å². The van der Waals surface area contributed by atoms with Gasteiger partial charge in [0.25, 0.3) is 11.8 Å². The number of nitrogens with one attached hydrogen (secondary N) is 3. The molecule has 0 aromatic carbocycles. The smallest absolute Gasteiger partial charge is 0.271 e. The van der Waals surface area contributed by atoms with E-state index in [1.807, 2.05) is 0 Å². The van der Waals surface area contributed by atoms with Crippen LogP contribution >= 0.6 is 0 Å². The van der Waals surface area contributed by atoms with E-state index in [2.05, 4.69) is 35.7 Å². The molecule has 5 amide bonds. The molecule has 10 heteroatoms. The number of primary amides is 1. The van der Waals surface area contributed by atoms with Crippen LogP contribution in [0.15, 0.2) is 36.7 Å². The summed E-state index contributed by atoms with van der Waals surface area (Å²) in [5.74, 6) is -3.26. The number of rotatable bonds is 8. The van der Waals surface area contributed by atoms with E-state index in [4.69, 9.17) is 5.73 Å². The molecule has 0 bridgehead atoms. The molecule has 0 aromatic heterocycles. The normalized spacial score (nSPS) is 16.5. The van der Waals surface area contributed by atoms with Crippen LogP contribution in [0.1, 0.15) is 26.7 Å². The van der Waals surface area contributed by atoms with Crippen molar-refractivity contribution in [3.63, 3.8) is 0 Å². The van der Waals surface area contributed by atoms with E-state index in [0.29, 0.717) is 19.4 Å². The molecule has 0 saturated carbocycles. The van der Waals surface area contributed by atoms with Gasteiger partial charge in [-0.15, -0.1) is 0 Å². The summed E-state index contributed by atoms with van der Waals surface area (Å²) in [6.07, 6.45) is 0.976. The van der Waals surface area contributed by atoms with Crippen molar-refractivity contribution in [1.29, 1.82) is 0 Å². The average molecular weight is 391 g/mol. The minimum atomic E-state index is -0.925. The third-order valence-electron chi connectivity index (χ3n) is 4.05. The van der Waals surface area contributed by atoms with Crippen molar-refractivity contribution < 1.29 is 24.0 Å². The maximum Gasteiger partial charge on any atom is 0.271 e. The molecule has 2 atom stereocenters. The minimum absolute atomic E-state index is 0.259. The summed E-state index contributed by atoms with van der Waals surface area (Å²) in [6, 6.07) is -1.66. The van der Waals surface area contributed by atoms with Crippen LogP contribution in [-0.2, 0) is 24.0 Å². The molecular weight excluding hydrogens is 366 g/mol. The maximum atomic E-state index is 12.6. The number of nitrogens with zero attached hydrogens (tertiary/aromatic N) is 1. The van der Waals surface area contributed by atoms with Gasteiger partial charge in [0.2, 0.25) is 17.7 Å². The standard InChI is InChI=1S/C18H25N5O5/c1-9(2)15(25)22-12(5)18(28)23-8-6-7-13(23)17(27)21-11(4)16(26)20-10(3)14(19)24/h12-13H,1,3-4,6-8H2,2,5H3,(H2,19,24)(H,20,26)(H,21,27)(H,22,25). The summed E-state index contributed by atoms with van der Waals surface area (Å²) in [4.78, 5) is 60.9. The second kappa shape index (κ2) is 9.49. The van der Waals surface area contributed by atoms with Gasteiger partial charge in [0.1, 0.15) is 12.1 Å². The molecule has 1 saturated heterocycles. The lowest BCUT2D eigenvalue weighted by molar-refractivity contribution is -0.140. The van der Waals surface area contributed by atoms with E-state index in [1.165, 1.54) is 18.7 Å². The van der Waals surface area contributed by atoms with Crippen LogP contribution in [0.2, 0.25) is 0 Å². The van der Waals surface area contributed by atoms with Gasteiger partial charge in [-0.2, -0.15) is 0 Å². The first-order valence-corrected chi connectivity index (χ1v) is 8.52. The van der Waals surface area contributed by atoms with E-state index in [-0.39, 0.29) is 17.0 Å². The highest BCUT2D eigenvalue weighted by molar-refractivity contribution is 6.04. The topological polar surface area (TPSA) is 151 Å². The molecule has 1 heterocycles. The third-order valence-corrected chi connectivity index (χ3v) is 4.05. The van der Waals surface area contributed by atoms with Gasteiger partial charge >= 0.3 is 0 Å². The van der Waals surface area contributed by atoms with Crippen LogP contribution in [0.3, 0.4) is 0 Å². The number of carbonyl (C=O) groups is 5. The van der Waals surface area contributed by atoms with Crippen molar-refractivity contribution >= 4 is 29.5 Å². The molecular formula is C18H25N5O5. The highest BCUT2D eigenvalue weighted by atomic mass is 16.2. The van der Waals surface area contributed by atoms with Gasteiger partial charge < -0.3 is 26.6 Å². The molecule has 0 aromatic rings. The van der Waals surface area contributed by atoms with Crippen molar-refractivity contribution in [3.8, 4) is 0 Å². The number of nitrogens with two attached hydrogens (primary N) is 1. The molecule has 1 aliphatic heterocycles. The number of amides is 5. The zero-order valence-electron chi connectivity index (χ0n) is 16.0. The Morgan fingerprint density at radius 2 is 1.64 bits per heavy atom. The minimum Gasteiger partial charge on any atom is -0.364 e. The Kier molecular flexibility index (Phi) is 7.66. The molecule has 1 fully saturated rings. The fraction of sp³-hybridized carbons (Fsp3) is 0.389. The second-order valence-electron chi connectivity index (χ2n) is 6.43. The SMILES string of the molecule is C=C(C)C(=O)NC(C)C(=O)N1CCCC1C(=O)NC(=C)C(=O)NC(=C)C(N)=O. The van der Waals surface area contributed by atoms with Crippen LogP contribution in [0.5, 0.6) is 0 Å². The molecule has 0 aliphatic carbocycles. The van der Waals surface area contributed by atoms with Crippen molar-refractivity contribution in [3.05, 3.63) is 36.7 Å². The second-order valence-corrected chi connectivity index (χ2v) is 6.43. The van der Waals surface area contributed by atoms with Crippen LogP contribution in [0.25, 0.3) is 0 Å². The molecule has 152 valence electrons. The van der Waals surface area contributed by atoms with E-state index in [0.717, 1.165) is 0 Å². The van der Waals surface area contributed by atoms with Crippen LogP contribution in [0, 0.1) is 0 Å². The molecule has 0 spiro atoms. The number of hydrogen-bond acceptors (Lipinski definition) is 5. The van der Waals surface area contributed by atoms with Crippen LogP contribution in [-0.4, -0.2) is 53.1 Å². The van der Waals surface area contributed by atoms with Gasteiger partial charge in [-0.3, -0.25) is 24.0 Å². The van der Waals surface area contributed by atoms with E-state index in [1.54, 1.807) is 0 Å². The summed E-state index contributed by atoms with van der Waals surface area (Å²) in [5.41, 5.74) is 4.56. The Bertz CT molecular complexity index is 757. The third kappa shape index (κ3) is 5.79. The predicted molar refractivity (Wildman–Crippen MR) is 101 cm³/mol. The predicted octanol–water partition coefficient (Wildman–Crippen LogP) is -1.20. The lowest BCUT2D eigenvalue weighted by atomic mass is 10.1. The largest absolute Gasteiger partial charge is 0.364 e. The van der Waals surface area contributed by atoms with E-state index in [9.17, 15) is 24.0 Å². The molecule has 1 aliphatic rings. The number of carbonyl (C=O) groups excluding carboxylic acids is 5. The van der Waals surface area contributed by atoms with Gasteiger partial charge in [-0.1, -0.05) is 19.7 Å². The van der Waals surface area contributed by atoms with E-state index >= 15 is 0 Å². The highest BCUT2D eigenvalue weighted by Gasteiger charge is 2.36. The molecule has 10 nitrogen and oxygen atoms in total. The van der Waals surface area contributed by atoms with Crippen molar-refractivity contribution in [2.24, 2.45) is 5.73 Å². The molecule has 0 radical (unpaired) electrons. The zero-order valence-corrected chi connectivity index (χ0v) is 16.0.